The number of carbonyl (C=O) groups is 1. The number of rotatable bonds is 7. The fourth-order valence-corrected chi connectivity index (χ4v) is 5.51. The van der Waals surface area contributed by atoms with Crippen molar-refractivity contribution in [2.75, 3.05) is 45.0 Å². The Bertz CT molecular complexity index is 1000. The maximum Gasteiger partial charge on any atom is 0.337 e. The summed E-state index contributed by atoms with van der Waals surface area (Å²) >= 11 is 3.44. The Balaban J connectivity index is 1.45. The summed E-state index contributed by atoms with van der Waals surface area (Å²) in [6.07, 6.45) is 0. The van der Waals surface area contributed by atoms with E-state index in [2.05, 4.69) is 35.1 Å². The Labute approximate surface area is 184 Å². The molecule has 0 spiro atoms. The predicted molar refractivity (Wildman–Crippen MR) is 122 cm³/mol. The second-order valence-corrected chi connectivity index (χ2v) is 9.14. The Hall–Kier alpha value is -2.13. The Morgan fingerprint density at radius 3 is 2.70 bits per heavy atom. The highest BCUT2D eigenvalue weighted by Crippen LogP contribution is 2.34. The van der Waals surface area contributed by atoms with Crippen LogP contribution in [-0.4, -0.2) is 55.9 Å². The molecule has 0 saturated carbocycles. The average molecular weight is 444 g/mol. The Morgan fingerprint density at radius 1 is 1.23 bits per heavy atom. The number of fused-ring (bicyclic) bond motifs is 1. The van der Waals surface area contributed by atoms with E-state index in [4.69, 9.17) is 14.5 Å². The monoisotopic (exact) mass is 443 g/mol. The Kier molecular flexibility index (Phi) is 6.89. The highest BCUT2D eigenvalue weighted by Gasteiger charge is 2.18. The molecule has 0 amide bonds. The number of anilines is 1. The van der Waals surface area contributed by atoms with Crippen molar-refractivity contribution < 1.29 is 14.3 Å². The highest BCUT2D eigenvalue weighted by atomic mass is 32.2. The van der Waals surface area contributed by atoms with Crippen molar-refractivity contribution >= 4 is 45.0 Å². The van der Waals surface area contributed by atoms with Crippen LogP contribution in [0, 0.1) is 0 Å². The van der Waals surface area contributed by atoms with E-state index in [1.54, 1.807) is 35.2 Å². The van der Waals surface area contributed by atoms with Gasteiger partial charge in [-0.1, -0.05) is 23.9 Å². The lowest BCUT2D eigenvalue weighted by atomic mass is 10.1. The summed E-state index contributed by atoms with van der Waals surface area (Å²) in [5, 5.41) is 4.69. The van der Waals surface area contributed by atoms with E-state index in [1.807, 2.05) is 12.1 Å². The van der Waals surface area contributed by atoms with Crippen LogP contribution in [0.3, 0.4) is 0 Å². The third-order valence-electron chi connectivity index (χ3n) is 5.02. The molecule has 3 aromatic rings. The molecule has 1 saturated heterocycles. The number of hydrazine groups is 1. The summed E-state index contributed by atoms with van der Waals surface area (Å²) < 4.78 is 12.5. The summed E-state index contributed by atoms with van der Waals surface area (Å²) in [5.41, 5.74) is 3.95. The van der Waals surface area contributed by atoms with Crippen LogP contribution < -0.4 is 5.01 Å². The van der Waals surface area contributed by atoms with E-state index in [-0.39, 0.29) is 5.97 Å². The molecule has 0 unspecified atom stereocenters. The first kappa shape index (κ1) is 21.1. The van der Waals surface area contributed by atoms with Gasteiger partial charge in [-0.3, -0.25) is 0 Å². The molecule has 2 aromatic carbocycles. The van der Waals surface area contributed by atoms with Gasteiger partial charge in [0.25, 0.3) is 0 Å². The van der Waals surface area contributed by atoms with Gasteiger partial charge in [-0.15, -0.1) is 11.3 Å². The minimum Gasteiger partial charge on any atom is -0.465 e. The lowest BCUT2D eigenvalue weighted by Crippen LogP contribution is -2.49. The van der Waals surface area contributed by atoms with Crippen molar-refractivity contribution in [2.45, 2.75) is 17.0 Å². The number of benzene rings is 2. The minimum atomic E-state index is -0.311. The molecule has 1 aliphatic rings. The first-order chi connectivity index (χ1) is 14.7. The zero-order valence-corrected chi connectivity index (χ0v) is 18.8. The molecule has 30 heavy (non-hydrogen) atoms. The number of esters is 1. The van der Waals surface area contributed by atoms with Crippen LogP contribution >= 0.6 is 23.1 Å². The lowest BCUT2D eigenvalue weighted by molar-refractivity contribution is 0.0323. The summed E-state index contributed by atoms with van der Waals surface area (Å²) in [7, 11) is 1.39. The van der Waals surface area contributed by atoms with E-state index in [0.717, 1.165) is 54.0 Å². The normalized spacial score (nSPS) is 14.7. The number of aromatic nitrogens is 1. The van der Waals surface area contributed by atoms with Gasteiger partial charge in [-0.2, -0.15) is 0 Å². The molecule has 1 aromatic heterocycles. The smallest absolute Gasteiger partial charge is 0.337 e. The van der Waals surface area contributed by atoms with Gasteiger partial charge < -0.3 is 14.5 Å². The number of hydrogen-bond donors (Lipinski definition) is 0. The molecule has 0 radical (unpaired) electrons. The van der Waals surface area contributed by atoms with E-state index >= 15 is 0 Å². The van der Waals surface area contributed by atoms with Crippen LogP contribution in [0.2, 0.25) is 0 Å². The SMILES string of the molecule is CCN(c1ccc2nc(SCc3ccc(C(=O)OC)cc3)sc2c1)N1CCOCC1. The van der Waals surface area contributed by atoms with Gasteiger partial charge >= 0.3 is 5.97 Å². The predicted octanol–water partition coefficient (Wildman–Crippen LogP) is 4.45. The van der Waals surface area contributed by atoms with Crippen LogP contribution in [0.5, 0.6) is 0 Å². The van der Waals surface area contributed by atoms with E-state index in [9.17, 15) is 4.79 Å². The largest absolute Gasteiger partial charge is 0.465 e. The van der Waals surface area contributed by atoms with Gasteiger partial charge in [0.2, 0.25) is 0 Å². The number of carbonyl (C=O) groups excluding carboxylic acids is 1. The third kappa shape index (κ3) is 4.78. The molecule has 1 aliphatic heterocycles. The van der Waals surface area contributed by atoms with Crippen LogP contribution in [0.25, 0.3) is 10.2 Å². The quantitative estimate of drug-likeness (QED) is 0.395. The van der Waals surface area contributed by atoms with Crippen molar-refractivity contribution in [2.24, 2.45) is 0 Å². The van der Waals surface area contributed by atoms with Crippen LogP contribution in [0.1, 0.15) is 22.8 Å². The number of morpholine rings is 1. The number of methoxy groups -OCH3 is 1. The van der Waals surface area contributed by atoms with Crippen molar-refractivity contribution in [3.05, 3.63) is 53.6 Å². The van der Waals surface area contributed by atoms with Gasteiger partial charge in [0.15, 0.2) is 4.34 Å². The van der Waals surface area contributed by atoms with Crippen LogP contribution in [0.4, 0.5) is 5.69 Å². The summed E-state index contributed by atoms with van der Waals surface area (Å²) in [4.78, 5) is 16.3. The molecular formula is C22H25N3O3S2. The maximum atomic E-state index is 11.6. The first-order valence-electron chi connectivity index (χ1n) is 9.98. The molecule has 2 heterocycles. The number of thioether (sulfide) groups is 1. The fourth-order valence-electron chi connectivity index (χ4n) is 3.46. The molecule has 0 N–H and O–H groups in total. The zero-order chi connectivity index (χ0) is 20.9. The summed E-state index contributed by atoms with van der Waals surface area (Å²) in [5.74, 6) is 0.498. The second kappa shape index (κ2) is 9.78. The highest BCUT2D eigenvalue weighted by molar-refractivity contribution is 8.00. The molecule has 158 valence electrons. The van der Waals surface area contributed by atoms with Crippen molar-refractivity contribution in [1.29, 1.82) is 0 Å². The van der Waals surface area contributed by atoms with Gasteiger partial charge in [0, 0.05) is 25.4 Å². The van der Waals surface area contributed by atoms with Crippen molar-refractivity contribution in [3.8, 4) is 0 Å². The molecule has 0 bridgehead atoms. The summed E-state index contributed by atoms with van der Waals surface area (Å²) in [6, 6.07) is 14.0. The van der Waals surface area contributed by atoms with E-state index in [1.165, 1.54) is 17.5 Å². The van der Waals surface area contributed by atoms with Crippen molar-refractivity contribution in [1.82, 2.24) is 9.99 Å². The zero-order valence-electron chi connectivity index (χ0n) is 17.2. The van der Waals surface area contributed by atoms with Crippen LogP contribution in [-0.2, 0) is 15.2 Å². The molecule has 6 nitrogen and oxygen atoms in total. The number of thiazole rings is 1. The molecule has 0 atom stereocenters. The first-order valence-corrected chi connectivity index (χ1v) is 11.8. The number of hydrogen-bond acceptors (Lipinski definition) is 8. The van der Waals surface area contributed by atoms with E-state index < -0.39 is 0 Å². The maximum absolute atomic E-state index is 11.6. The lowest BCUT2D eigenvalue weighted by Gasteiger charge is -2.38. The van der Waals surface area contributed by atoms with Gasteiger partial charge in [-0.05, 0) is 42.8 Å². The van der Waals surface area contributed by atoms with Crippen LogP contribution in [0.15, 0.2) is 46.8 Å². The minimum absolute atomic E-state index is 0.311. The number of ether oxygens (including phenoxy) is 2. The Morgan fingerprint density at radius 2 is 2.00 bits per heavy atom. The number of nitrogens with zero attached hydrogens (tertiary/aromatic N) is 3. The molecule has 4 rings (SSSR count). The van der Waals surface area contributed by atoms with Gasteiger partial charge in [0.05, 0.1) is 41.8 Å². The summed E-state index contributed by atoms with van der Waals surface area (Å²) in [6.45, 7) is 6.50. The third-order valence-corrected chi connectivity index (χ3v) is 7.25. The molecular weight excluding hydrogens is 418 g/mol. The van der Waals surface area contributed by atoms with Gasteiger partial charge in [-0.25, -0.2) is 14.8 Å². The molecule has 0 aliphatic carbocycles. The van der Waals surface area contributed by atoms with E-state index in [0.29, 0.717) is 5.56 Å². The standard InChI is InChI=1S/C22H25N3O3S2/c1-3-25(24-10-12-28-13-11-24)18-8-9-19-20(14-18)30-22(23-19)29-15-16-4-6-17(7-5-16)21(26)27-2/h4-9,14H,3,10-13,15H2,1-2H3. The molecule has 8 heteroatoms. The average Bonchev–Trinajstić information content (AvgIpc) is 3.21. The second-order valence-electron chi connectivity index (χ2n) is 6.89. The topological polar surface area (TPSA) is 54.9 Å². The molecule has 1 fully saturated rings. The van der Waals surface area contributed by atoms with Gasteiger partial charge in [0.1, 0.15) is 0 Å². The van der Waals surface area contributed by atoms with Crippen molar-refractivity contribution in [3.63, 3.8) is 0 Å². The fraction of sp³-hybridized carbons (Fsp3) is 0.364.